The number of carbonyl (C=O) groups excluding carboxylic acids is 1. The van der Waals surface area contributed by atoms with E-state index in [0.717, 1.165) is 11.3 Å². The molecule has 0 saturated heterocycles. The molecule has 8 nitrogen and oxygen atoms in total. The SMILES string of the molecule is Cc1ccc(-n2ncc3c(=O)n4c(nc32)SCC4CC(=O)NCc2ccco2)cc1C. The van der Waals surface area contributed by atoms with Gasteiger partial charge in [0.05, 0.1) is 30.7 Å². The highest BCUT2D eigenvalue weighted by Gasteiger charge is 2.29. The highest BCUT2D eigenvalue weighted by molar-refractivity contribution is 7.99. The zero-order valence-corrected chi connectivity index (χ0v) is 18.0. The van der Waals surface area contributed by atoms with Crippen molar-refractivity contribution in [1.82, 2.24) is 24.6 Å². The fourth-order valence-electron chi connectivity index (χ4n) is 3.71. The topological polar surface area (TPSA) is 95.0 Å². The van der Waals surface area contributed by atoms with Crippen LogP contribution in [0.15, 0.2) is 57.2 Å². The Bertz CT molecular complexity index is 1340. The van der Waals surface area contributed by atoms with Gasteiger partial charge in [-0.05, 0) is 49.2 Å². The normalized spacial score (nSPS) is 15.4. The Morgan fingerprint density at radius 1 is 1.29 bits per heavy atom. The second-order valence-corrected chi connectivity index (χ2v) is 8.64. The van der Waals surface area contributed by atoms with Crippen LogP contribution in [0.25, 0.3) is 16.7 Å². The predicted molar refractivity (Wildman–Crippen MR) is 118 cm³/mol. The molecule has 0 bridgehead atoms. The fourth-order valence-corrected chi connectivity index (χ4v) is 4.84. The summed E-state index contributed by atoms with van der Waals surface area (Å²) in [5.41, 5.74) is 3.58. The Morgan fingerprint density at radius 3 is 2.94 bits per heavy atom. The Hall–Kier alpha value is -3.33. The van der Waals surface area contributed by atoms with Crippen LogP contribution in [0.2, 0.25) is 0 Å². The van der Waals surface area contributed by atoms with Crippen molar-refractivity contribution in [3.05, 3.63) is 70.0 Å². The standard InChI is InChI=1S/C22H21N5O3S/c1-13-5-6-15(8-14(13)2)27-20-18(11-24-27)21(29)26-16(12-31-22(26)25-20)9-19(28)23-10-17-4-3-7-30-17/h3-8,11,16H,9-10,12H2,1-2H3,(H,23,28). The number of benzene rings is 1. The number of hydrogen-bond acceptors (Lipinski definition) is 6. The molecule has 0 radical (unpaired) electrons. The van der Waals surface area contributed by atoms with Gasteiger partial charge in [-0.3, -0.25) is 14.2 Å². The molecule has 4 aromatic rings. The quantitative estimate of drug-likeness (QED) is 0.484. The summed E-state index contributed by atoms with van der Waals surface area (Å²) in [7, 11) is 0. The number of hydrogen-bond donors (Lipinski definition) is 1. The first kappa shape index (κ1) is 19.6. The first-order valence-corrected chi connectivity index (χ1v) is 11.0. The molecular weight excluding hydrogens is 414 g/mol. The van der Waals surface area contributed by atoms with Gasteiger partial charge >= 0.3 is 0 Å². The van der Waals surface area contributed by atoms with Gasteiger partial charge in [0, 0.05) is 12.2 Å². The van der Waals surface area contributed by atoms with Crippen molar-refractivity contribution in [2.75, 3.05) is 5.75 Å². The van der Waals surface area contributed by atoms with E-state index in [4.69, 9.17) is 9.40 Å². The zero-order valence-electron chi connectivity index (χ0n) is 17.2. The molecule has 1 aromatic carbocycles. The van der Waals surface area contributed by atoms with Crippen molar-refractivity contribution in [3.8, 4) is 5.69 Å². The number of carbonyl (C=O) groups is 1. The number of furan rings is 1. The molecule has 1 amide bonds. The highest BCUT2D eigenvalue weighted by Crippen LogP contribution is 2.33. The molecule has 1 N–H and O–H groups in total. The number of aromatic nitrogens is 4. The first-order valence-electron chi connectivity index (χ1n) is 10.0. The van der Waals surface area contributed by atoms with Gasteiger partial charge in [-0.15, -0.1) is 0 Å². The van der Waals surface area contributed by atoms with Crippen LogP contribution in [0.1, 0.15) is 29.3 Å². The average molecular weight is 436 g/mol. The number of nitrogens with one attached hydrogen (secondary N) is 1. The van der Waals surface area contributed by atoms with E-state index < -0.39 is 0 Å². The number of fused-ring (bicyclic) bond motifs is 2. The monoisotopic (exact) mass is 435 g/mol. The Balaban J connectivity index is 1.43. The third-order valence-corrected chi connectivity index (χ3v) is 6.66. The molecule has 0 spiro atoms. The molecule has 1 unspecified atom stereocenters. The van der Waals surface area contributed by atoms with Crippen molar-refractivity contribution < 1.29 is 9.21 Å². The van der Waals surface area contributed by atoms with E-state index in [1.807, 2.05) is 25.1 Å². The van der Waals surface area contributed by atoms with Gasteiger partial charge in [-0.25, -0.2) is 9.67 Å². The molecule has 1 aliphatic heterocycles. The van der Waals surface area contributed by atoms with E-state index >= 15 is 0 Å². The van der Waals surface area contributed by atoms with Crippen LogP contribution in [0.4, 0.5) is 0 Å². The summed E-state index contributed by atoms with van der Waals surface area (Å²) in [6.45, 7) is 4.43. The van der Waals surface area contributed by atoms with Crippen molar-refractivity contribution in [1.29, 1.82) is 0 Å². The maximum absolute atomic E-state index is 13.2. The highest BCUT2D eigenvalue weighted by atomic mass is 32.2. The van der Waals surface area contributed by atoms with Gasteiger partial charge < -0.3 is 9.73 Å². The molecule has 0 saturated carbocycles. The van der Waals surface area contributed by atoms with Crippen LogP contribution in [0.5, 0.6) is 0 Å². The maximum Gasteiger partial charge on any atom is 0.265 e. The number of thioether (sulfide) groups is 1. The molecule has 1 atom stereocenters. The lowest BCUT2D eigenvalue weighted by Crippen LogP contribution is -2.30. The average Bonchev–Trinajstić information content (AvgIpc) is 3.49. The molecule has 158 valence electrons. The molecule has 9 heteroatoms. The molecule has 4 heterocycles. The summed E-state index contributed by atoms with van der Waals surface area (Å²) in [5, 5.41) is 8.33. The predicted octanol–water partition coefficient (Wildman–Crippen LogP) is 3.15. The molecule has 3 aromatic heterocycles. The lowest BCUT2D eigenvalue weighted by atomic mass is 10.1. The summed E-state index contributed by atoms with van der Waals surface area (Å²) < 4.78 is 8.57. The lowest BCUT2D eigenvalue weighted by molar-refractivity contribution is -0.122. The van der Waals surface area contributed by atoms with E-state index in [2.05, 4.69) is 17.3 Å². The van der Waals surface area contributed by atoms with Gasteiger partial charge in [0.15, 0.2) is 10.8 Å². The third-order valence-electron chi connectivity index (χ3n) is 5.57. The number of nitrogens with zero attached hydrogens (tertiary/aromatic N) is 4. The molecule has 0 aliphatic carbocycles. The summed E-state index contributed by atoms with van der Waals surface area (Å²) >= 11 is 1.49. The van der Waals surface area contributed by atoms with Crippen LogP contribution in [0, 0.1) is 13.8 Å². The lowest BCUT2D eigenvalue weighted by Gasteiger charge is -2.13. The van der Waals surface area contributed by atoms with E-state index in [9.17, 15) is 9.59 Å². The second-order valence-electron chi connectivity index (χ2n) is 7.66. The summed E-state index contributed by atoms with van der Waals surface area (Å²) in [5.74, 6) is 1.18. The van der Waals surface area contributed by atoms with Gasteiger partial charge in [-0.1, -0.05) is 17.8 Å². The smallest absolute Gasteiger partial charge is 0.265 e. The number of amides is 1. The number of aryl methyl sites for hydroxylation is 2. The van der Waals surface area contributed by atoms with E-state index in [1.165, 1.54) is 17.3 Å². The van der Waals surface area contributed by atoms with Crippen molar-refractivity contribution >= 4 is 28.7 Å². The number of rotatable bonds is 5. The van der Waals surface area contributed by atoms with E-state index in [0.29, 0.717) is 34.2 Å². The van der Waals surface area contributed by atoms with Crippen LogP contribution in [-0.2, 0) is 11.3 Å². The first-order chi connectivity index (χ1) is 15.0. The van der Waals surface area contributed by atoms with E-state index in [-0.39, 0.29) is 23.9 Å². The maximum atomic E-state index is 13.2. The molecular formula is C22H21N5O3S. The van der Waals surface area contributed by atoms with Crippen LogP contribution < -0.4 is 10.9 Å². The van der Waals surface area contributed by atoms with Crippen molar-refractivity contribution in [2.45, 2.75) is 38.0 Å². The van der Waals surface area contributed by atoms with Gasteiger partial charge in [0.2, 0.25) is 5.91 Å². The Labute approximate surface area is 182 Å². The van der Waals surface area contributed by atoms with Crippen molar-refractivity contribution in [3.63, 3.8) is 0 Å². The van der Waals surface area contributed by atoms with E-state index in [1.54, 1.807) is 33.8 Å². The molecule has 31 heavy (non-hydrogen) atoms. The Kier molecular flexibility index (Phi) is 4.90. The largest absolute Gasteiger partial charge is 0.467 e. The summed E-state index contributed by atoms with van der Waals surface area (Å²) in [6, 6.07) is 9.38. The van der Waals surface area contributed by atoms with Crippen LogP contribution in [-0.4, -0.2) is 31.0 Å². The second kappa shape index (κ2) is 7.73. The van der Waals surface area contributed by atoms with Crippen LogP contribution in [0.3, 0.4) is 0 Å². The Morgan fingerprint density at radius 2 is 2.16 bits per heavy atom. The van der Waals surface area contributed by atoms with Gasteiger partial charge in [0.25, 0.3) is 5.56 Å². The van der Waals surface area contributed by atoms with Crippen LogP contribution >= 0.6 is 11.8 Å². The fraction of sp³-hybridized carbons (Fsp3) is 0.273. The molecule has 1 aliphatic rings. The minimum atomic E-state index is -0.244. The summed E-state index contributed by atoms with van der Waals surface area (Å²) in [4.78, 5) is 30.4. The molecule has 5 rings (SSSR count). The third kappa shape index (κ3) is 3.54. The van der Waals surface area contributed by atoms with Crippen molar-refractivity contribution in [2.24, 2.45) is 0 Å². The summed E-state index contributed by atoms with van der Waals surface area (Å²) in [6.07, 6.45) is 3.34. The van der Waals surface area contributed by atoms with Gasteiger partial charge in [-0.2, -0.15) is 5.10 Å². The zero-order chi connectivity index (χ0) is 21.5. The minimum absolute atomic E-state index is 0.132. The minimum Gasteiger partial charge on any atom is -0.467 e. The van der Waals surface area contributed by atoms with Gasteiger partial charge in [0.1, 0.15) is 11.1 Å². The molecule has 0 fully saturated rings.